The Labute approximate surface area is 729 Å². The standard InChI is InChI=1S/C72H128O40S8/c73-9-1-17-113-25-33-57-41(81)49(89)65(97-33)106-58-34(26-114-18-2-10-74)99-67(51(91)43(58)83)108-60-36(28-116-20-4-12-76)101-69(53(93)45(60)85)110-62-38(30-118-22-6-14-78)103-71(55(95)47(62)87)112-64-40(32-120-24-8-16-80)104-72(56(96)48(64)88)111-63-39(31-119-23-7-15-79)102-70(54(94)46(63)86)109-61-37(29-117-21-5-13-77)100-68(52(92)44(61)84)107-59-35(27-115-19-3-11-75)98-66(105-57)50(90)42(59)82/h33-96H,1-32H2/t33-,34-,35-,36-,37-,38-,39-,40-,41-,42-,43-,44-,45-,46-,47-,48-,49-,50-,51-,52-,53-,54-,55-,56-,57-,58-,59-,60-,61-,62-,63-,64-,65-,66-,67-,68-,69-,70-,71-,72-/m1/s1. The van der Waals surface area contributed by atoms with Crippen LogP contribution in [0.25, 0.3) is 0 Å². The molecule has 16 bridgehead atoms. The predicted molar refractivity (Wildman–Crippen MR) is 437 cm³/mol. The minimum absolute atomic E-state index is 0.0915. The number of thioether (sulfide) groups is 8. The van der Waals surface area contributed by atoms with E-state index in [-0.39, 0.29) is 150 Å². The topological polar surface area (TPSA) is 633 Å². The fourth-order valence-corrected chi connectivity index (χ4v) is 22.7. The molecule has 0 aromatic heterocycles. The third kappa shape index (κ3) is 28.6. The molecule has 30 aliphatic heterocycles. The maximum absolute atomic E-state index is 12.3. The van der Waals surface area contributed by atoms with Crippen LogP contribution < -0.4 is 0 Å². The normalized spacial score (nSPS) is 43.8. The van der Waals surface area contributed by atoms with Crippen LogP contribution in [-0.4, -0.2) is 513 Å². The van der Waals surface area contributed by atoms with E-state index in [0.717, 1.165) is 0 Å². The van der Waals surface area contributed by atoms with E-state index in [0.29, 0.717) is 46.0 Å². The molecule has 48 heteroatoms. The van der Waals surface area contributed by atoms with E-state index in [2.05, 4.69) is 0 Å². The Bertz CT molecular complexity index is 2250. The molecule has 0 radical (unpaired) electrons. The van der Waals surface area contributed by atoms with Crippen LogP contribution in [-0.2, 0) is 75.8 Å². The van der Waals surface area contributed by atoms with Gasteiger partial charge in [-0.3, -0.25) is 0 Å². The number of ether oxygens (including phenoxy) is 16. The molecule has 0 spiro atoms. The second-order valence-corrected chi connectivity index (χ2v) is 39.4. The van der Waals surface area contributed by atoms with Gasteiger partial charge in [0, 0.05) is 98.9 Å². The first-order valence-corrected chi connectivity index (χ1v) is 50.0. The van der Waals surface area contributed by atoms with Crippen molar-refractivity contribution in [2.24, 2.45) is 0 Å². The first-order chi connectivity index (χ1) is 57.9. The summed E-state index contributed by atoms with van der Waals surface area (Å²) in [6.07, 6.45) is -70.3. The van der Waals surface area contributed by atoms with Crippen LogP contribution in [0, 0.1) is 0 Å². The predicted octanol–water partition coefficient (Wildman–Crippen LogP) is -8.42. The van der Waals surface area contributed by atoms with Gasteiger partial charge in [-0.05, 0) is 97.4 Å². The summed E-state index contributed by atoms with van der Waals surface area (Å²) >= 11 is 9.65. The number of aliphatic hydroxyl groups is 24. The van der Waals surface area contributed by atoms with Crippen LogP contribution in [0.2, 0.25) is 0 Å². The van der Waals surface area contributed by atoms with E-state index in [4.69, 9.17) is 75.8 Å². The summed E-state index contributed by atoms with van der Waals surface area (Å²) in [7, 11) is 0. The van der Waals surface area contributed by atoms with E-state index in [1.165, 1.54) is 94.1 Å². The minimum Gasteiger partial charge on any atom is -0.396 e. The van der Waals surface area contributed by atoms with E-state index in [1.807, 2.05) is 0 Å². The van der Waals surface area contributed by atoms with Crippen molar-refractivity contribution in [2.75, 3.05) is 145 Å². The lowest BCUT2D eigenvalue weighted by Crippen LogP contribution is -2.69. The van der Waals surface area contributed by atoms with Crippen molar-refractivity contribution >= 4 is 94.1 Å². The van der Waals surface area contributed by atoms with Gasteiger partial charge in [-0.15, -0.1) is 0 Å². The van der Waals surface area contributed by atoms with Crippen molar-refractivity contribution in [2.45, 2.75) is 297 Å². The molecule has 24 N–H and O–H groups in total. The highest BCUT2D eigenvalue weighted by Crippen LogP contribution is 2.43. The third-order valence-corrected chi connectivity index (χ3v) is 30.4. The van der Waals surface area contributed by atoms with Crippen molar-refractivity contribution in [3.63, 3.8) is 0 Å². The second kappa shape index (κ2) is 54.4. The molecule has 30 rings (SSSR count). The second-order valence-electron chi connectivity index (χ2n) is 30.2. The van der Waals surface area contributed by atoms with Crippen molar-refractivity contribution < 1.29 is 198 Å². The molecule has 0 saturated carbocycles. The molecule has 30 heterocycles. The third-order valence-electron chi connectivity index (χ3n) is 21.3. The molecule has 30 fully saturated rings. The lowest BCUT2D eigenvalue weighted by Gasteiger charge is -2.51. The molecule has 0 aliphatic carbocycles. The summed E-state index contributed by atoms with van der Waals surface area (Å²) < 4.78 is 103. The van der Waals surface area contributed by atoms with E-state index in [9.17, 15) is 123 Å². The van der Waals surface area contributed by atoms with Gasteiger partial charge in [-0.25, -0.2) is 0 Å². The van der Waals surface area contributed by atoms with Crippen molar-refractivity contribution in [3.05, 3.63) is 0 Å². The lowest BCUT2D eigenvalue weighted by atomic mass is 9.95. The first-order valence-electron chi connectivity index (χ1n) is 40.8. The van der Waals surface area contributed by atoms with Crippen LogP contribution in [0.15, 0.2) is 0 Å². The number of hydrogen-bond acceptors (Lipinski definition) is 48. The summed E-state index contributed by atoms with van der Waals surface area (Å²) in [5.74, 6) is 1.72. The molecule has 0 unspecified atom stereocenters. The van der Waals surface area contributed by atoms with Gasteiger partial charge < -0.3 is 198 Å². The van der Waals surface area contributed by atoms with Gasteiger partial charge in [-0.1, -0.05) is 0 Å². The molecule has 0 aromatic carbocycles. The number of aliphatic hydroxyl groups excluding tert-OH is 24. The molecule has 120 heavy (non-hydrogen) atoms. The van der Waals surface area contributed by atoms with Crippen LogP contribution in [0.4, 0.5) is 0 Å². The fraction of sp³-hybridized carbons (Fsp3) is 1.00. The van der Waals surface area contributed by atoms with E-state index in [1.54, 1.807) is 0 Å². The Hall–Kier alpha value is 1.20. The van der Waals surface area contributed by atoms with Crippen LogP contribution >= 0.6 is 94.1 Å². The van der Waals surface area contributed by atoms with Crippen LogP contribution in [0.1, 0.15) is 51.4 Å². The summed E-state index contributed by atoms with van der Waals surface area (Å²) in [6.45, 7) is -1.75. The summed E-state index contributed by atoms with van der Waals surface area (Å²) in [5.41, 5.74) is 0. The zero-order valence-electron chi connectivity index (χ0n) is 66.3. The first kappa shape index (κ1) is 105. The fourth-order valence-electron chi connectivity index (χ4n) is 14.7. The molecular weight excluding hydrogens is 1760 g/mol. The van der Waals surface area contributed by atoms with E-state index < -0.39 is 246 Å². The Kier molecular flexibility index (Phi) is 47.5. The van der Waals surface area contributed by atoms with Gasteiger partial charge in [-0.2, -0.15) is 94.1 Å². The molecule has 40 atom stereocenters. The Morgan fingerprint density at radius 3 is 0.333 bits per heavy atom. The highest BCUT2D eigenvalue weighted by molar-refractivity contribution is 8.00. The van der Waals surface area contributed by atoms with Gasteiger partial charge in [0.25, 0.3) is 0 Å². The molecule has 30 saturated heterocycles. The Morgan fingerprint density at radius 1 is 0.142 bits per heavy atom. The smallest absolute Gasteiger partial charge is 0.187 e. The maximum atomic E-state index is 12.3. The number of hydrogen-bond donors (Lipinski definition) is 24. The molecule has 40 nitrogen and oxygen atoms in total. The summed E-state index contributed by atoms with van der Waals surface area (Å²) in [6, 6.07) is 0. The van der Waals surface area contributed by atoms with Crippen molar-refractivity contribution in [1.29, 1.82) is 0 Å². The minimum atomic E-state index is -2.11. The zero-order chi connectivity index (χ0) is 86.7. The summed E-state index contributed by atoms with van der Waals surface area (Å²) in [5, 5.41) is 274. The average Bonchev–Trinajstić information content (AvgIpc) is 0.772. The van der Waals surface area contributed by atoms with E-state index >= 15 is 0 Å². The summed E-state index contributed by atoms with van der Waals surface area (Å²) in [4.78, 5) is 0. The monoisotopic (exact) mass is 1890 g/mol. The Morgan fingerprint density at radius 2 is 0.242 bits per heavy atom. The Balaban J connectivity index is 1.09. The molecule has 30 aliphatic rings. The van der Waals surface area contributed by atoms with Crippen LogP contribution in [0.5, 0.6) is 0 Å². The molecule has 0 amide bonds. The molecule has 704 valence electrons. The quantitative estimate of drug-likeness (QED) is 0.0253. The average molecular weight is 1890 g/mol. The molecular formula is C72H128O40S8. The van der Waals surface area contributed by atoms with Crippen molar-refractivity contribution in [3.8, 4) is 0 Å². The van der Waals surface area contributed by atoms with Gasteiger partial charge in [0.1, 0.15) is 146 Å². The van der Waals surface area contributed by atoms with Gasteiger partial charge >= 0.3 is 0 Å². The van der Waals surface area contributed by atoms with Crippen LogP contribution in [0.3, 0.4) is 0 Å². The highest BCUT2D eigenvalue weighted by Gasteiger charge is 2.61. The van der Waals surface area contributed by atoms with Gasteiger partial charge in [0.2, 0.25) is 0 Å². The van der Waals surface area contributed by atoms with Gasteiger partial charge in [0.05, 0.1) is 48.8 Å². The number of rotatable bonds is 40. The molecule has 0 aromatic rings. The maximum Gasteiger partial charge on any atom is 0.187 e. The van der Waals surface area contributed by atoms with Crippen molar-refractivity contribution in [1.82, 2.24) is 0 Å². The lowest BCUT2D eigenvalue weighted by molar-refractivity contribution is -0.396. The largest absolute Gasteiger partial charge is 0.396 e. The zero-order valence-corrected chi connectivity index (χ0v) is 72.8. The SMILES string of the molecule is OCCCSC[C@H]1O[C@@H]2O[C@H]3[C@H](O)[C@@H](O)[C@@H](O[C@H]4[C@H](O)[C@@H](O)[C@@H](O[C@H]5[C@H](O)[C@@H](O)[C@@H](O[C@H]6[C@H](O)[C@@H](O)[C@@H](O[C@H]7[C@H](O)[C@@H](O)[C@@H](O[C@H]8[C@H](O)[C@@H](O)[C@@H](O[C@H]9[C@H](O)[C@@H](O)[C@@H](O[C@H]1[C@H](O)[C@H]2O)O[C@@H]9CSCCCO)O[C@@H]8CSCCCO)O[C@@H]7CSCCCO)O[C@@H]6CSCCCO)O[C@@H]5CSCCCO)O[C@@H]4CSCCCO)O[C@@H]3CSCCCO. The highest BCUT2D eigenvalue weighted by atomic mass is 32.2. The van der Waals surface area contributed by atoms with Gasteiger partial charge in [0.15, 0.2) is 50.3 Å².